The lowest BCUT2D eigenvalue weighted by molar-refractivity contribution is 0.0644. The summed E-state index contributed by atoms with van der Waals surface area (Å²) in [5.74, 6) is -0.0905. The molecule has 0 saturated heterocycles. The fourth-order valence-electron chi connectivity index (χ4n) is 3.51. The van der Waals surface area contributed by atoms with Crippen LogP contribution in [-0.4, -0.2) is 52.4 Å². The predicted molar refractivity (Wildman–Crippen MR) is 116 cm³/mol. The van der Waals surface area contributed by atoms with Gasteiger partial charge in [0.1, 0.15) is 5.69 Å². The third-order valence-electron chi connectivity index (χ3n) is 4.69. The number of halogens is 4. The summed E-state index contributed by atoms with van der Waals surface area (Å²) >= 11 is 12.7. The molecule has 1 aliphatic rings. The second-order valence-electron chi connectivity index (χ2n) is 6.13. The molecule has 3 heterocycles. The molecule has 4 rings (SSSR count). The average molecular weight is 467 g/mol. The summed E-state index contributed by atoms with van der Waals surface area (Å²) < 4.78 is 7.03. The number of rotatable bonds is 4. The van der Waals surface area contributed by atoms with E-state index in [9.17, 15) is 4.79 Å². The van der Waals surface area contributed by atoms with Gasteiger partial charge in [-0.25, -0.2) is 0 Å². The van der Waals surface area contributed by atoms with Crippen LogP contribution in [0.4, 0.5) is 5.69 Å². The Hall–Kier alpha value is -1.64. The van der Waals surface area contributed by atoms with Crippen molar-refractivity contribution in [3.63, 3.8) is 0 Å². The molecular weight excluding hydrogens is 448 g/mol. The average Bonchev–Trinajstić information content (AvgIpc) is 3.25. The molecule has 1 aliphatic heterocycles. The van der Waals surface area contributed by atoms with E-state index >= 15 is 0 Å². The number of methoxy groups -OCH3 is 1. The van der Waals surface area contributed by atoms with Crippen molar-refractivity contribution in [3.05, 3.63) is 34.2 Å². The summed E-state index contributed by atoms with van der Waals surface area (Å²) in [6, 6.07) is 1.62. The van der Waals surface area contributed by atoms with Crippen LogP contribution in [0.5, 0.6) is 0 Å². The Balaban J connectivity index is 0.00000140. The van der Waals surface area contributed by atoms with Crippen LogP contribution in [0.25, 0.3) is 22.0 Å². The van der Waals surface area contributed by atoms with Gasteiger partial charge < -0.3 is 19.9 Å². The van der Waals surface area contributed by atoms with Crippen LogP contribution in [0, 0.1) is 0 Å². The summed E-state index contributed by atoms with van der Waals surface area (Å²) in [5, 5.41) is 8.29. The first kappa shape index (κ1) is 22.6. The van der Waals surface area contributed by atoms with Crippen molar-refractivity contribution in [2.24, 2.45) is 0 Å². The minimum absolute atomic E-state index is 0. The molecule has 152 valence electrons. The van der Waals surface area contributed by atoms with Crippen LogP contribution >= 0.6 is 48.0 Å². The maximum absolute atomic E-state index is 13.2. The number of carbonyl (C=O) groups is 1. The normalized spacial score (nSPS) is 13.2. The van der Waals surface area contributed by atoms with Gasteiger partial charge in [-0.15, -0.1) is 24.8 Å². The van der Waals surface area contributed by atoms with E-state index in [1.54, 1.807) is 30.5 Å². The summed E-state index contributed by atoms with van der Waals surface area (Å²) in [6.07, 6.45) is 3.40. The number of benzene rings is 1. The number of nitrogens with one attached hydrogen (secondary N) is 1. The molecule has 3 N–H and O–H groups in total. The maximum atomic E-state index is 13.2. The topological polar surface area (TPSA) is 89.2 Å². The first-order valence-corrected chi connectivity index (χ1v) is 8.87. The Bertz CT molecular complexity index is 1000. The number of hydrogen-bond acceptors (Lipinski definition) is 4. The van der Waals surface area contributed by atoms with E-state index in [1.165, 1.54) is 0 Å². The van der Waals surface area contributed by atoms with Crippen molar-refractivity contribution in [2.75, 3.05) is 32.5 Å². The van der Waals surface area contributed by atoms with E-state index in [-0.39, 0.29) is 30.7 Å². The van der Waals surface area contributed by atoms with E-state index < -0.39 is 0 Å². The van der Waals surface area contributed by atoms with Crippen molar-refractivity contribution < 1.29 is 9.53 Å². The SMILES string of the molecule is COCCN1CCn2c(c(-c3cn[nH]c3)c3c(N)cc(Cl)c(Cl)c32)C1=O.Cl.Cl. The molecule has 0 aliphatic carbocycles. The summed E-state index contributed by atoms with van der Waals surface area (Å²) in [6.45, 7) is 2.15. The van der Waals surface area contributed by atoms with Gasteiger partial charge >= 0.3 is 0 Å². The minimum atomic E-state index is -0.0905. The van der Waals surface area contributed by atoms with Gasteiger partial charge in [-0.1, -0.05) is 23.2 Å². The molecule has 11 heteroatoms. The van der Waals surface area contributed by atoms with E-state index in [2.05, 4.69) is 10.2 Å². The highest BCUT2D eigenvalue weighted by molar-refractivity contribution is 6.46. The highest BCUT2D eigenvalue weighted by Crippen LogP contribution is 2.45. The van der Waals surface area contributed by atoms with E-state index in [0.29, 0.717) is 53.2 Å². The molecular formula is C17H19Cl4N5O2. The molecule has 28 heavy (non-hydrogen) atoms. The number of aromatic amines is 1. The Kier molecular flexibility index (Phi) is 7.12. The Morgan fingerprint density at radius 3 is 2.71 bits per heavy atom. The van der Waals surface area contributed by atoms with Gasteiger partial charge in [-0.05, 0) is 6.07 Å². The summed E-state index contributed by atoms with van der Waals surface area (Å²) in [4.78, 5) is 15.0. The maximum Gasteiger partial charge on any atom is 0.271 e. The molecule has 0 saturated carbocycles. The predicted octanol–water partition coefficient (Wildman–Crippen LogP) is 3.87. The Morgan fingerprint density at radius 2 is 2.07 bits per heavy atom. The van der Waals surface area contributed by atoms with Crippen LogP contribution in [0.15, 0.2) is 18.5 Å². The van der Waals surface area contributed by atoms with Crippen molar-refractivity contribution in [1.29, 1.82) is 0 Å². The highest BCUT2D eigenvalue weighted by atomic mass is 35.5. The number of amides is 1. The van der Waals surface area contributed by atoms with Gasteiger partial charge in [0.2, 0.25) is 0 Å². The zero-order valence-electron chi connectivity index (χ0n) is 14.9. The minimum Gasteiger partial charge on any atom is -0.398 e. The zero-order valence-corrected chi connectivity index (χ0v) is 18.0. The molecule has 0 bridgehead atoms. The van der Waals surface area contributed by atoms with Crippen LogP contribution in [0.2, 0.25) is 10.0 Å². The molecule has 0 radical (unpaired) electrons. The number of carbonyl (C=O) groups excluding carboxylic acids is 1. The van der Waals surface area contributed by atoms with Crippen LogP contribution in [0.1, 0.15) is 10.5 Å². The van der Waals surface area contributed by atoms with Crippen molar-refractivity contribution in [1.82, 2.24) is 19.7 Å². The zero-order chi connectivity index (χ0) is 18.4. The molecule has 7 nitrogen and oxygen atoms in total. The lowest BCUT2D eigenvalue weighted by Crippen LogP contribution is -2.42. The van der Waals surface area contributed by atoms with Gasteiger partial charge in [0, 0.05) is 55.1 Å². The second-order valence-corrected chi connectivity index (χ2v) is 6.92. The van der Waals surface area contributed by atoms with Gasteiger partial charge in [0.25, 0.3) is 5.91 Å². The molecule has 1 aromatic carbocycles. The van der Waals surface area contributed by atoms with Gasteiger partial charge in [-0.2, -0.15) is 5.10 Å². The largest absolute Gasteiger partial charge is 0.398 e. The molecule has 0 unspecified atom stereocenters. The van der Waals surface area contributed by atoms with Gasteiger partial charge in [0.15, 0.2) is 0 Å². The first-order valence-electron chi connectivity index (χ1n) is 8.11. The monoisotopic (exact) mass is 465 g/mol. The number of hydrogen-bond donors (Lipinski definition) is 2. The number of aromatic nitrogens is 3. The van der Waals surface area contributed by atoms with Gasteiger partial charge in [-0.3, -0.25) is 9.89 Å². The lowest BCUT2D eigenvalue weighted by Gasteiger charge is -2.29. The Labute approximate surface area is 183 Å². The quantitative estimate of drug-likeness (QED) is 0.571. The van der Waals surface area contributed by atoms with Crippen LogP contribution in [0.3, 0.4) is 0 Å². The highest BCUT2D eigenvalue weighted by Gasteiger charge is 2.33. The van der Waals surface area contributed by atoms with E-state index in [0.717, 1.165) is 16.5 Å². The number of ether oxygens (including phenoxy) is 1. The third-order valence-corrected chi connectivity index (χ3v) is 5.46. The summed E-state index contributed by atoms with van der Waals surface area (Å²) in [5.41, 5.74) is 9.47. The fraction of sp³-hybridized carbons (Fsp3) is 0.294. The van der Waals surface area contributed by atoms with Crippen molar-refractivity contribution in [2.45, 2.75) is 6.54 Å². The smallest absolute Gasteiger partial charge is 0.271 e. The number of nitrogens with two attached hydrogens (primary N) is 1. The molecule has 1 amide bonds. The number of anilines is 1. The lowest BCUT2D eigenvalue weighted by atomic mass is 10.0. The molecule has 0 spiro atoms. The number of nitrogens with zero attached hydrogens (tertiary/aromatic N) is 3. The molecule has 3 aromatic rings. The first-order chi connectivity index (χ1) is 12.5. The molecule has 2 aromatic heterocycles. The van der Waals surface area contributed by atoms with E-state index in [1.807, 2.05) is 4.57 Å². The summed E-state index contributed by atoms with van der Waals surface area (Å²) in [7, 11) is 1.62. The fourth-order valence-corrected chi connectivity index (χ4v) is 3.97. The van der Waals surface area contributed by atoms with Crippen LogP contribution < -0.4 is 5.73 Å². The third kappa shape index (κ3) is 3.42. The molecule has 0 fully saturated rings. The number of H-pyrrole nitrogens is 1. The van der Waals surface area contributed by atoms with E-state index in [4.69, 9.17) is 33.7 Å². The number of fused-ring (bicyclic) bond motifs is 3. The Morgan fingerprint density at radius 1 is 1.32 bits per heavy atom. The van der Waals surface area contributed by atoms with Crippen LogP contribution in [-0.2, 0) is 11.3 Å². The van der Waals surface area contributed by atoms with Crippen molar-refractivity contribution in [3.8, 4) is 11.1 Å². The van der Waals surface area contributed by atoms with Gasteiger partial charge in [0.05, 0.1) is 28.4 Å². The molecule has 0 atom stereocenters. The van der Waals surface area contributed by atoms with Crippen molar-refractivity contribution >= 4 is 70.5 Å². The standard InChI is InChI=1S/C17H17Cl2N5O2.2ClH/c1-26-5-4-23-2-3-24-15-13(11(20)6-10(18)14(15)19)12(16(24)17(23)25)9-7-21-22-8-9;;/h6-8H,2-5,20H2,1H3,(H,21,22);2*1H. The number of nitrogen functional groups attached to an aromatic ring is 1. The second kappa shape index (κ2) is 8.80.